The minimum atomic E-state index is -1.18. The molecule has 3 amide bonds. The smallest absolute Gasteiger partial charge is 0.407 e. The Hall–Kier alpha value is -4.04. The summed E-state index contributed by atoms with van der Waals surface area (Å²) in [5, 5.41) is 17.7. The molecule has 0 aliphatic heterocycles. The summed E-state index contributed by atoms with van der Waals surface area (Å²) >= 11 is 0. The lowest BCUT2D eigenvalue weighted by molar-refractivity contribution is -0.142. The fraction of sp³-hybridized carbons (Fsp3) is 0.556. The van der Waals surface area contributed by atoms with Gasteiger partial charge < -0.3 is 44.7 Å². The van der Waals surface area contributed by atoms with Crippen LogP contribution in [0.25, 0.3) is 11.1 Å². The Labute approximate surface area is 288 Å². The predicted molar refractivity (Wildman–Crippen MR) is 182 cm³/mol. The van der Waals surface area contributed by atoms with Crippen LogP contribution in [0.5, 0.6) is 0 Å². The summed E-state index contributed by atoms with van der Waals surface area (Å²) in [4.78, 5) is 50.0. The lowest BCUT2D eigenvalue weighted by Gasteiger charge is -2.24. The molecule has 3 rings (SSSR count). The van der Waals surface area contributed by atoms with Crippen LogP contribution in [0.2, 0.25) is 0 Å². The summed E-state index contributed by atoms with van der Waals surface area (Å²) in [7, 11) is 1.61. The average Bonchev–Trinajstić information content (AvgIpc) is 3.41. The second-order valence-corrected chi connectivity index (χ2v) is 12.0. The maximum atomic E-state index is 13.1. The molecule has 13 heteroatoms. The summed E-state index contributed by atoms with van der Waals surface area (Å²) in [5.74, 6) is -2.42. The highest BCUT2D eigenvalue weighted by Gasteiger charge is 2.31. The van der Waals surface area contributed by atoms with Crippen LogP contribution in [0, 0.1) is 5.92 Å². The predicted octanol–water partition coefficient (Wildman–Crippen LogP) is 3.49. The van der Waals surface area contributed by atoms with Crippen molar-refractivity contribution in [2.45, 2.75) is 57.5 Å². The second-order valence-electron chi connectivity index (χ2n) is 12.0. The quantitative estimate of drug-likeness (QED) is 0.120. The van der Waals surface area contributed by atoms with Crippen LogP contribution in [0.4, 0.5) is 4.79 Å². The highest BCUT2D eigenvalue weighted by atomic mass is 16.6. The van der Waals surface area contributed by atoms with Crippen molar-refractivity contribution in [1.82, 2.24) is 16.0 Å². The Morgan fingerprint density at radius 1 is 0.776 bits per heavy atom. The maximum absolute atomic E-state index is 13.1. The molecule has 270 valence electrons. The van der Waals surface area contributed by atoms with E-state index in [0.717, 1.165) is 22.3 Å². The van der Waals surface area contributed by atoms with Crippen LogP contribution in [0.15, 0.2) is 48.5 Å². The number of ether oxygens (including phenoxy) is 5. The van der Waals surface area contributed by atoms with Crippen molar-refractivity contribution in [3.8, 4) is 11.1 Å². The van der Waals surface area contributed by atoms with E-state index in [0.29, 0.717) is 59.0 Å². The van der Waals surface area contributed by atoms with Crippen molar-refractivity contribution >= 4 is 23.9 Å². The van der Waals surface area contributed by atoms with Gasteiger partial charge in [-0.2, -0.15) is 0 Å². The number of rotatable bonds is 24. The largest absolute Gasteiger partial charge is 0.480 e. The number of nitrogens with one attached hydrogen (secondary N) is 3. The van der Waals surface area contributed by atoms with E-state index in [1.807, 2.05) is 48.5 Å². The van der Waals surface area contributed by atoms with E-state index in [4.69, 9.17) is 23.7 Å². The molecule has 0 bridgehead atoms. The number of fused-ring (bicyclic) bond motifs is 3. The molecule has 0 aromatic heterocycles. The third-order valence-corrected chi connectivity index (χ3v) is 8.07. The zero-order valence-corrected chi connectivity index (χ0v) is 28.7. The van der Waals surface area contributed by atoms with E-state index >= 15 is 0 Å². The molecule has 49 heavy (non-hydrogen) atoms. The lowest BCUT2D eigenvalue weighted by Crippen LogP contribution is -2.53. The molecule has 4 N–H and O–H groups in total. The SMILES string of the molecule is COCCOCCOCCOCCC(=O)NCCCCC(NC(=O)[C@@H](NC(=O)OCC1c2ccccc2-c2ccccc21)C(C)C)C(=O)O. The van der Waals surface area contributed by atoms with E-state index in [2.05, 4.69) is 16.0 Å². The molecule has 0 saturated carbocycles. The van der Waals surface area contributed by atoms with Gasteiger partial charge in [0.05, 0.1) is 46.2 Å². The Morgan fingerprint density at radius 3 is 1.92 bits per heavy atom. The van der Waals surface area contributed by atoms with Crippen molar-refractivity contribution in [3.63, 3.8) is 0 Å². The summed E-state index contributed by atoms with van der Waals surface area (Å²) in [6.07, 6.45) is 0.579. The van der Waals surface area contributed by atoms with Crippen LogP contribution in [-0.2, 0) is 38.1 Å². The van der Waals surface area contributed by atoms with E-state index < -0.39 is 30.1 Å². The van der Waals surface area contributed by atoms with Gasteiger partial charge in [0, 0.05) is 26.0 Å². The zero-order chi connectivity index (χ0) is 35.4. The molecule has 0 spiro atoms. The van der Waals surface area contributed by atoms with Gasteiger partial charge in [-0.15, -0.1) is 0 Å². The molecule has 1 unspecified atom stereocenters. The Balaban J connectivity index is 1.32. The third kappa shape index (κ3) is 13.4. The van der Waals surface area contributed by atoms with Crippen molar-refractivity contribution in [2.24, 2.45) is 5.92 Å². The minimum Gasteiger partial charge on any atom is -0.480 e. The number of hydrogen-bond acceptors (Lipinski definition) is 9. The number of amides is 3. The van der Waals surface area contributed by atoms with Crippen LogP contribution in [0.3, 0.4) is 0 Å². The Bertz CT molecular complexity index is 1290. The first-order chi connectivity index (χ1) is 23.7. The van der Waals surface area contributed by atoms with Crippen LogP contribution < -0.4 is 16.0 Å². The van der Waals surface area contributed by atoms with Crippen LogP contribution in [0.1, 0.15) is 56.6 Å². The second kappa shape index (κ2) is 21.8. The zero-order valence-electron chi connectivity index (χ0n) is 28.7. The number of benzene rings is 2. The number of carboxylic acid groups (broad SMARTS) is 1. The van der Waals surface area contributed by atoms with Crippen LogP contribution >= 0.6 is 0 Å². The first kappa shape index (κ1) is 39.4. The molecular formula is C36H51N3O10. The Morgan fingerprint density at radius 2 is 1.35 bits per heavy atom. The molecule has 0 radical (unpaired) electrons. The first-order valence-electron chi connectivity index (χ1n) is 16.9. The molecule has 0 heterocycles. The molecule has 0 fully saturated rings. The van der Waals surface area contributed by atoms with Crippen LogP contribution in [-0.4, -0.2) is 108 Å². The molecule has 1 aliphatic rings. The van der Waals surface area contributed by atoms with Gasteiger partial charge in [-0.3, -0.25) is 9.59 Å². The highest BCUT2D eigenvalue weighted by Crippen LogP contribution is 2.44. The number of unbranched alkanes of at least 4 members (excludes halogenated alkanes) is 1. The summed E-state index contributed by atoms with van der Waals surface area (Å²) in [6, 6.07) is 13.8. The normalized spacial score (nSPS) is 13.3. The van der Waals surface area contributed by atoms with Crippen molar-refractivity contribution < 1.29 is 48.0 Å². The van der Waals surface area contributed by atoms with Crippen molar-refractivity contribution in [1.29, 1.82) is 0 Å². The standard InChI is InChI=1S/C36H51N3O10/c1-25(2)33(39-36(44)49-24-30-28-12-6-4-10-26(28)27-11-5-7-13-29(27)30)34(41)38-31(35(42)43)14-8-9-16-37-32(40)15-17-46-20-21-48-23-22-47-19-18-45-3/h4-7,10-13,25,30-31,33H,8-9,14-24H2,1-3H3,(H,37,40)(H,38,41)(H,39,44)(H,42,43)/t31?,33-/m0/s1. The van der Waals surface area contributed by atoms with Gasteiger partial charge in [0.2, 0.25) is 11.8 Å². The number of alkyl carbamates (subject to hydrolysis) is 1. The van der Waals surface area contributed by atoms with E-state index in [9.17, 15) is 24.3 Å². The number of hydrogen-bond donors (Lipinski definition) is 4. The van der Waals surface area contributed by atoms with Gasteiger partial charge in [-0.25, -0.2) is 9.59 Å². The number of methoxy groups -OCH3 is 1. The summed E-state index contributed by atoms with van der Waals surface area (Å²) in [5.41, 5.74) is 4.35. The summed E-state index contributed by atoms with van der Waals surface area (Å²) in [6.45, 7) is 6.99. The molecule has 2 aromatic rings. The van der Waals surface area contributed by atoms with Crippen molar-refractivity contribution in [3.05, 3.63) is 59.7 Å². The van der Waals surface area contributed by atoms with Gasteiger partial charge >= 0.3 is 12.1 Å². The fourth-order valence-corrected chi connectivity index (χ4v) is 5.46. The Kier molecular flexibility index (Phi) is 17.6. The topological polar surface area (TPSA) is 171 Å². The molecule has 2 atom stereocenters. The highest BCUT2D eigenvalue weighted by molar-refractivity contribution is 5.89. The summed E-state index contributed by atoms with van der Waals surface area (Å²) < 4.78 is 26.6. The lowest BCUT2D eigenvalue weighted by atomic mass is 9.98. The van der Waals surface area contributed by atoms with Gasteiger partial charge in [-0.1, -0.05) is 62.4 Å². The van der Waals surface area contributed by atoms with E-state index in [-0.39, 0.29) is 43.8 Å². The van der Waals surface area contributed by atoms with Gasteiger partial charge in [0.15, 0.2) is 0 Å². The molecule has 1 aliphatic carbocycles. The average molecular weight is 686 g/mol. The molecular weight excluding hydrogens is 634 g/mol. The molecule has 2 aromatic carbocycles. The number of carbonyl (C=O) groups excluding carboxylic acids is 3. The third-order valence-electron chi connectivity index (χ3n) is 8.07. The van der Waals surface area contributed by atoms with Crippen molar-refractivity contribution in [2.75, 3.05) is 66.5 Å². The molecule has 0 saturated heterocycles. The molecule has 13 nitrogen and oxygen atoms in total. The monoisotopic (exact) mass is 685 g/mol. The number of carbonyl (C=O) groups is 4. The van der Waals surface area contributed by atoms with Gasteiger partial charge in [-0.05, 0) is 47.4 Å². The maximum Gasteiger partial charge on any atom is 0.407 e. The fourth-order valence-electron chi connectivity index (χ4n) is 5.46. The van der Waals surface area contributed by atoms with E-state index in [1.165, 1.54) is 0 Å². The van der Waals surface area contributed by atoms with E-state index in [1.54, 1.807) is 21.0 Å². The number of carboxylic acids is 1. The first-order valence-corrected chi connectivity index (χ1v) is 16.9. The van der Waals surface area contributed by atoms with Gasteiger partial charge in [0.1, 0.15) is 18.7 Å². The van der Waals surface area contributed by atoms with Gasteiger partial charge in [0.25, 0.3) is 0 Å². The number of aliphatic carboxylic acids is 1. The minimum absolute atomic E-state index is 0.0923.